The monoisotopic (exact) mass is 392 g/mol. The fraction of sp³-hybridized carbons (Fsp3) is 0.222. The largest absolute Gasteiger partial charge is 0.497 e. The topological polar surface area (TPSA) is 102 Å². The SMILES string of the molecule is COC(=O)c1cc(OC)ccc1NC(=O)c1cccc(S(=O)(=O)N(C)C)c1. The molecule has 0 saturated carbocycles. The lowest BCUT2D eigenvalue weighted by atomic mass is 10.1. The predicted octanol–water partition coefficient (Wildman–Crippen LogP) is 1.98. The van der Waals surface area contributed by atoms with Gasteiger partial charge in [0.2, 0.25) is 10.0 Å². The summed E-state index contributed by atoms with van der Waals surface area (Å²) < 4.78 is 35.3. The summed E-state index contributed by atoms with van der Waals surface area (Å²) in [6, 6.07) is 10.1. The van der Waals surface area contributed by atoms with Crippen LogP contribution < -0.4 is 10.1 Å². The number of nitrogens with zero attached hydrogens (tertiary/aromatic N) is 1. The average Bonchev–Trinajstić information content (AvgIpc) is 2.67. The number of ether oxygens (including phenoxy) is 2. The van der Waals surface area contributed by atoms with Gasteiger partial charge < -0.3 is 14.8 Å². The zero-order valence-corrected chi connectivity index (χ0v) is 16.2. The van der Waals surface area contributed by atoms with Crippen molar-refractivity contribution < 1.29 is 27.5 Å². The Morgan fingerprint density at radius 1 is 1.04 bits per heavy atom. The Balaban J connectivity index is 2.37. The molecule has 2 aromatic rings. The summed E-state index contributed by atoms with van der Waals surface area (Å²) in [6.07, 6.45) is 0. The second-order valence-electron chi connectivity index (χ2n) is 5.67. The number of carbonyl (C=O) groups excluding carboxylic acids is 2. The molecule has 0 aliphatic rings. The number of benzene rings is 2. The van der Waals surface area contributed by atoms with E-state index >= 15 is 0 Å². The van der Waals surface area contributed by atoms with Crippen molar-refractivity contribution in [3.8, 4) is 5.75 Å². The van der Waals surface area contributed by atoms with Gasteiger partial charge in [-0.1, -0.05) is 6.07 Å². The molecule has 27 heavy (non-hydrogen) atoms. The Morgan fingerprint density at radius 3 is 2.33 bits per heavy atom. The van der Waals surface area contributed by atoms with E-state index in [0.29, 0.717) is 5.75 Å². The van der Waals surface area contributed by atoms with E-state index in [-0.39, 0.29) is 21.7 Å². The maximum atomic E-state index is 12.6. The van der Waals surface area contributed by atoms with Crippen molar-refractivity contribution >= 4 is 27.6 Å². The van der Waals surface area contributed by atoms with Crippen LogP contribution in [0.3, 0.4) is 0 Å². The van der Waals surface area contributed by atoms with Gasteiger partial charge >= 0.3 is 5.97 Å². The quantitative estimate of drug-likeness (QED) is 0.755. The number of amides is 1. The van der Waals surface area contributed by atoms with Gasteiger partial charge in [-0.2, -0.15) is 0 Å². The molecule has 1 N–H and O–H groups in total. The van der Waals surface area contributed by atoms with Gasteiger partial charge in [-0.05, 0) is 36.4 Å². The standard InChI is InChI=1S/C18H20N2O6S/c1-20(2)27(23,24)14-7-5-6-12(10-14)17(21)19-16-9-8-13(25-3)11-15(16)18(22)26-4/h5-11H,1-4H3,(H,19,21). The number of nitrogens with one attached hydrogen (secondary N) is 1. The van der Waals surface area contributed by atoms with Crippen molar-refractivity contribution in [2.75, 3.05) is 33.6 Å². The Bertz CT molecular complexity index is 970. The van der Waals surface area contributed by atoms with E-state index in [1.54, 1.807) is 6.07 Å². The van der Waals surface area contributed by atoms with Gasteiger partial charge in [0.15, 0.2) is 0 Å². The maximum absolute atomic E-state index is 12.6. The number of hydrogen-bond acceptors (Lipinski definition) is 6. The molecule has 0 heterocycles. The molecule has 0 aliphatic heterocycles. The molecular weight excluding hydrogens is 372 g/mol. The Morgan fingerprint density at radius 2 is 1.74 bits per heavy atom. The second kappa shape index (κ2) is 8.19. The van der Waals surface area contributed by atoms with E-state index in [0.717, 1.165) is 4.31 Å². The molecule has 0 fully saturated rings. The van der Waals surface area contributed by atoms with Crippen LogP contribution in [0.25, 0.3) is 0 Å². The van der Waals surface area contributed by atoms with Crippen LogP contribution in [-0.2, 0) is 14.8 Å². The van der Waals surface area contributed by atoms with Crippen LogP contribution >= 0.6 is 0 Å². The molecule has 0 bridgehead atoms. The molecule has 0 atom stereocenters. The summed E-state index contributed by atoms with van der Waals surface area (Å²) in [5, 5.41) is 2.60. The first-order valence-corrected chi connectivity index (χ1v) is 9.25. The van der Waals surface area contributed by atoms with Crippen LogP contribution in [0.1, 0.15) is 20.7 Å². The molecule has 2 aromatic carbocycles. The van der Waals surface area contributed by atoms with E-state index in [2.05, 4.69) is 5.32 Å². The lowest BCUT2D eigenvalue weighted by molar-refractivity contribution is 0.0601. The lowest BCUT2D eigenvalue weighted by Crippen LogP contribution is -2.23. The molecule has 9 heteroatoms. The molecule has 0 spiro atoms. The molecule has 0 aliphatic carbocycles. The first-order valence-electron chi connectivity index (χ1n) is 7.81. The van der Waals surface area contributed by atoms with Crippen molar-refractivity contribution in [2.45, 2.75) is 4.90 Å². The van der Waals surface area contributed by atoms with Crippen molar-refractivity contribution in [1.29, 1.82) is 0 Å². The lowest BCUT2D eigenvalue weighted by Gasteiger charge is -2.13. The molecule has 2 rings (SSSR count). The molecule has 8 nitrogen and oxygen atoms in total. The number of rotatable bonds is 6. The van der Waals surface area contributed by atoms with E-state index in [1.165, 1.54) is 64.7 Å². The average molecular weight is 392 g/mol. The fourth-order valence-electron chi connectivity index (χ4n) is 2.24. The minimum atomic E-state index is -3.68. The maximum Gasteiger partial charge on any atom is 0.340 e. The highest BCUT2D eigenvalue weighted by Gasteiger charge is 2.20. The Hall–Kier alpha value is -2.91. The molecule has 0 aromatic heterocycles. The molecule has 0 radical (unpaired) electrons. The normalized spacial score (nSPS) is 11.1. The first kappa shape index (κ1) is 20.4. The second-order valence-corrected chi connectivity index (χ2v) is 7.82. The van der Waals surface area contributed by atoms with Crippen LogP contribution in [0.4, 0.5) is 5.69 Å². The zero-order valence-electron chi connectivity index (χ0n) is 15.3. The number of anilines is 1. The van der Waals surface area contributed by atoms with Crippen LogP contribution in [0.15, 0.2) is 47.4 Å². The van der Waals surface area contributed by atoms with Gasteiger partial charge in [-0.25, -0.2) is 17.5 Å². The van der Waals surface area contributed by atoms with Crippen LogP contribution in [0, 0.1) is 0 Å². The predicted molar refractivity (Wildman–Crippen MR) is 99.6 cm³/mol. The highest BCUT2D eigenvalue weighted by molar-refractivity contribution is 7.89. The Kier molecular flexibility index (Phi) is 6.19. The van der Waals surface area contributed by atoms with E-state index in [1.807, 2.05) is 0 Å². The summed E-state index contributed by atoms with van der Waals surface area (Å²) in [5.41, 5.74) is 0.459. The third kappa shape index (κ3) is 4.44. The summed E-state index contributed by atoms with van der Waals surface area (Å²) >= 11 is 0. The summed E-state index contributed by atoms with van der Waals surface area (Å²) in [5.74, 6) is -0.790. The smallest absolute Gasteiger partial charge is 0.340 e. The summed E-state index contributed by atoms with van der Waals surface area (Å²) in [6.45, 7) is 0. The molecule has 1 amide bonds. The number of methoxy groups -OCH3 is 2. The molecular formula is C18H20N2O6S. The van der Waals surface area contributed by atoms with Crippen molar-refractivity contribution in [2.24, 2.45) is 0 Å². The Labute approximate surface area is 157 Å². The highest BCUT2D eigenvalue weighted by Crippen LogP contribution is 2.24. The number of sulfonamides is 1. The van der Waals surface area contributed by atoms with Crippen LogP contribution in [0.2, 0.25) is 0 Å². The highest BCUT2D eigenvalue weighted by atomic mass is 32.2. The van der Waals surface area contributed by atoms with E-state index in [9.17, 15) is 18.0 Å². The van der Waals surface area contributed by atoms with Crippen molar-refractivity contribution in [3.05, 3.63) is 53.6 Å². The minimum Gasteiger partial charge on any atom is -0.497 e. The van der Waals surface area contributed by atoms with Crippen molar-refractivity contribution in [3.63, 3.8) is 0 Å². The third-order valence-corrected chi connectivity index (χ3v) is 5.57. The van der Waals surface area contributed by atoms with E-state index in [4.69, 9.17) is 9.47 Å². The van der Waals surface area contributed by atoms with Gasteiger partial charge in [0, 0.05) is 19.7 Å². The number of esters is 1. The molecule has 0 unspecified atom stereocenters. The molecule has 144 valence electrons. The summed E-state index contributed by atoms with van der Waals surface area (Å²) in [7, 11) is 1.81. The van der Waals surface area contributed by atoms with Gasteiger partial charge in [0.05, 0.1) is 30.4 Å². The van der Waals surface area contributed by atoms with Gasteiger partial charge in [-0.3, -0.25) is 4.79 Å². The van der Waals surface area contributed by atoms with E-state index < -0.39 is 21.9 Å². The van der Waals surface area contributed by atoms with Gasteiger partial charge in [-0.15, -0.1) is 0 Å². The number of carbonyl (C=O) groups is 2. The van der Waals surface area contributed by atoms with Gasteiger partial charge in [0.1, 0.15) is 5.75 Å². The van der Waals surface area contributed by atoms with Crippen LogP contribution in [0.5, 0.6) is 5.75 Å². The fourth-order valence-corrected chi connectivity index (χ4v) is 3.19. The van der Waals surface area contributed by atoms with Crippen LogP contribution in [-0.4, -0.2) is 52.9 Å². The van der Waals surface area contributed by atoms with Gasteiger partial charge in [0.25, 0.3) is 5.91 Å². The first-order chi connectivity index (χ1) is 12.7. The zero-order chi connectivity index (χ0) is 20.2. The van der Waals surface area contributed by atoms with Crippen molar-refractivity contribution in [1.82, 2.24) is 4.31 Å². The molecule has 0 saturated heterocycles. The number of hydrogen-bond donors (Lipinski definition) is 1. The third-order valence-electron chi connectivity index (χ3n) is 3.76. The summed E-state index contributed by atoms with van der Waals surface area (Å²) in [4.78, 5) is 24.5. The minimum absolute atomic E-state index is 0.0110.